The highest BCUT2D eigenvalue weighted by molar-refractivity contribution is 7.19. The van der Waals surface area contributed by atoms with Crippen molar-refractivity contribution >= 4 is 38.8 Å². The molecule has 1 unspecified atom stereocenters. The average molecular weight is 511 g/mol. The Labute approximate surface area is 218 Å². The number of benzene rings is 1. The van der Waals surface area contributed by atoms with Gasteiger partial charge in [-0.25, -0.2) is 10.8 Å². The Kier molecular flexibility index (Phi) is 4.78. The topological polar surface area (TPSA) is 97.5 Å². The number of hydrogen-bond donors (Lipinski definition) is 2. The van der Waals surface area contributed by atoms with Gasteiger partial charge < -0.3 is 9.64 Å². The fraction of sp³-hybridized carbons (Fsp3) is 0.276. The Hall–Kier alpha value is -3.75. The number of nitrogens with two attached hydrogens (primary N) is 1. The highest BCUT2D eigenvalue weighted by Gasteiger charge is 2.47. The van der Waals surface area contributed by atoms with Crippen molar-refractivity contribution in [3.05, 3.63) is 93.0 Å². The normalized spacial score (nSPS) is 23.5. The van der Waals surface area contributed by atoms with Crippen LogP contribution in [0.4, 0.5) is 0 Å². The van der Waals surface area contributed by atoms with Crippen LogP contribution in [0, 0.1) is 5.41 Å². The number of nitrogens with zero attached hydrogens (tertiary/aromatic N) is 2. The number of carbonyl (C=O) groups is 2. The van der Waals surface area contributed by atoms with Crippen LogP contribution in [0.5, 0.6) is 0 Å². The first-order valence-corrected chi connectivity index (χ1v) is 13.4. The lowest BCUT2D eigenvalue weighted by molar-refractivity contribution is -0.109. The molecule has 7 rings (SSSR count). The lowest BCUT2D eigenvalue weighted by Crippen LogP contribution is -2.38. The molecule has 1 aromatic heterocycles. The molecule has 7 nitrogen and oxygen atoms in total. The molecule has 3 N–H and O–H groups in total. The van der Waals surface area contributed by atoms with Crippen molar-refractivity contribution in [2.45, 2.75) is 39.2 Å². The summed E-state index contributed by atoms with van der Waals surface area (Å²) in [7, 11) is 0. The number of hydrazine groups is 1. The zero-order chi connectivity index (χ0) is 25.5. The molecule has 37 heavy (non-hydrogen) atoms. The van der Waals surface area contributed by atoms with Gasteiger partial charge in [-0.1, -0.05) is 26.0 Å². The molecule has 4 heterocycles. The molecule has 1 aromatic carbocycles. The van der Waals surface area contributed by atoms with Crippen LogP contribution in [0.1, 0.15) is 48.5 Å². The van der Waals surface area contributed by atoms with E-state index >= 15 is 0 Å². The van der Waals surface area contributed by atoms with Crippen molar-refractivity contribution in [1.29, 1.82) is 0 Å². The number of aromatic nitrogens is 1. The Morgan fingerprint density at radius 3 is 2.97 bits per heavy atom. The molecule has 2 aromatic rings. The van der Waals surface area contributed by atoms with Crippen LogP contribution < -0.4 is 11.3 Å². The molecule has 2 aliphatic carbocycles. The molecule has 5 aliphatic rings. The van der Waals surface area contributed by atoms with Gasteiger partial charge in [0.25, 0.3) is 5.91 Å². The summed E-state index contributed by atoms with van der Waals surface area (Å²) in [6, 6.07) is 5.20. The standard InChI is InChI=1S/C29H26N4O3S/c1-29(2)19-5-3-4-6-21(19)33-10-9-23-18(26(29)33)12-16-11-17(22(34)14-24(16)36-23)28-31-20-8-7-15(27(35)32-30)13-25(20)37-28/h3,5,7-8,11-14,23H,4,6,9-10,30H2,1-2H3,(H,32,35). The van der Waals surface area contributed by atoms with Gasteiger partial charge in [-0.2, -0.15) is 0 Å². The van der Waals surface area contributed by atoms with E-state index in [2.05, 4.69) is 42.4 Å². The number of allylic oxidation sites excluding steroid dienone is 7. The highest BCUT2D eigenvalue weighted by atomic mass is 32.1. The lowest BCUT2D eigenvalue weighted by atomic mass is 9.77. The van der Waals surface area contributed by atoms with Gasteiger partial charge in [-0.05, 0) is 48.8 Å². The van der Waals surface area contributed by atoms with E-state index in [9.17, 15) is 9.59 Å². The molecule has 0 spiro atoms. The average Bonchev–Trinajstić information content (AvgIpc) is 3.43. The van der Waals surface area contributed by atoms with E-state index in [1.165, 1.54) is 33.9 Å². The molecular weight excluding hydrogens is 484 g/mol. The van der Waals surface area contributed by atoms with E-state index in [0.29, 0.717) is 21.9 Å². The van der Waals surface area contributed by atoms with Gasteiger partial charge >= 0.3 is 0 Å². The van der Waals surface area contributed by atoms with Crippen LogP contribution >= 0.6 is 11.3 Å². The number of amides is 1. The van der Waals surface area contributed by atoms with E-state index in [4.69, 9.17) is 15.6 Å². The maximum absolute atomic E-state index is 13.2. The number of ether oxygens (including phenoxy) is 1. The Balaban J connectivity index is 1.32. The first kappa shape index (κ1) is 22.4. The summed E-state index contributed by atoms with van der Waals surface area (Å²) in [5, 5.41) is 0.620. The number of nitrogens with one attached hydrogen (secondary N) is 1. The fourth-order valence-corrected chi connectivity index (χ4v) is 7.27. The van der Waals surface area contributed by atoms with Crippen LogP contribution in [0.25, 0.3) is 15.8 Å². The van der Waals surface area contributed by atoms with Crippen molar-refractivity contribution in [2.75, 3.05) is 6.54 Å². The van der Waals surface area contributed by atoms with E-state index in [1.807, 2.05) is 6.08 Å². The monoisotopic (exact) mass is 510 g/mol. The molecule has 1 amide bonds. The van der Waals surface area contributed by atoms with Gasteiger partial charge in [-0.3, -0.25) is 15.0 Å². The molecule has 186 valence electrons. The first-order chi connectivity index (χ1) is 17.8. The molecule has 0 saturated carbocycles. The lowest BCUT2D eigenvalue weighted by Gasteiger charge is -2.41. The number of fused-ring (bicyclic) bond motifs is 5. The third kappa shape index (κ3) is 3.25. The first-order valence-electron chi connectivity index (χ1n) is 12.6. The van der Waals surface area contributed by atoms with E-state index in [0.717, 1.165) is 41.6 Å². The summed E-state index contributed by atoms with van der Waals surface area (Å²) < 4.78 is 7.27. The Morgan fingerprint density at radius 2 is 2.14 bits per heavy atom. The molecule has 1 atom stereocenters. The number of nitrogen functional groups attached to an aromatic ring is 1. The smallest absolute Gasteiger partial charge is 0.265 e. The van der Waals surface area contributed by atoms with E-state index in [-0.39, 0.29) is 23.2 Å². The quantitative estimate of drug-likeness (QED) is 0.346. The van der Waals surface area contributed by atoms with Gasteiger partial charge in [0.05, 0.1) is 15.8 Å². The van der Waals surface area contributed by atoms with Crippen molar-refractivity contribution in [1.82, 2.24) is 15.3 Å². The maximum atomic E-state index is 13.2. The second-order valence-electron chi connectivity index (χ2n) is 10.5. The third-order valence-corrected chi connectivity index (χ3v) is 9.00. The number of rotatable bonds is 2. The molecule has 0 fully saturated rings. The van der Waals surface area contributed by atoms with Crippen LogP contribution in [0.2, 0.25) is 0 Å². The predicted octanol–water partition coefficient (Wildman–Crippen LogP) is 4.68. The summed E-state index contributed by atoms with van der Waals surface area (Å²) in [4.78, 5) is 32.3. The van der Waals surface area contributed by atoms with Crippen molar-refractivity contribution in [2.24, 2.45) is 11.3 Å². The van der Waals surface area contributed by atoms with Gasteiger partial charge in [0.2, 0.25) is 0 Å². The van der Waals surface area contributed by atoms with E-state index < -0.39 is 0 Å². The van der Waals surface area contributed by atoms with Crippen LogP contribution in [0.3, 0.4) is 0 Å². The maximum Gasteiger partial charge on any atom is 0.265 e. The van der Waals surface area contributed by atoms with E-state index in [1.54, 1.807) is 24.3 Å². The third-order valence-electron chi connectivity index (χ3n) is 7.94. The van der Waals surface area contributed by atoms with Crippen LogP contribution in [-0.2, 0) is 9.53 Å². The largest absolute Gasteiger partial charge is 0.485 e. The SMILES string of the molecule is CC1(C)C2=C(CCC=C2)N2CCC3OC4=CC(=O)C(c5nc6ccc(C(=O)NN)cc6s5)=CC4=CC3=C21. The summed E-state index contributed by atoms with van der Waals surface area (Å²) in [6.07, 6.45) is 13.3. The molecule has 3 aliphatic heterocycles. The zero-order valence-electron chi connectivity index (χ0n) is 20.6. The summed E-state index contributed by atoms with van der Waals surface area (Å²) in [6.45, 7) is 5.54. The number of hydrogen-bond acceptors (Lipinski definition) is 7. The Morgan fingerprint density at radius 1 is 1.27 bits per heavy atom. The second-order valence-corrected chi connectivity index (χ2v) is 11.5. The molecule has 0 bridgehead atoms. The van der Waals surface area contributed by atoms with Gasteiger partial charge in [0.1, 0.15) is 16.9 Å². The zero-order valence-corrected chi connectivity index (χ0v) is 21.4. The molecule has 8 heteroatoms. The number of ketones is 1. The minimum atomic E-state index is -0.367. The minimum absolute atomic E-state index is 0.0526. The molecule has 0 saturated heterocycles. The van der Waals surface area contributed by atoms with Crippen LogP contribution in [0.15, 0.2) is 82.5 Å². The summed E-state index contributed by atoms with van der Waals surface area (Å²) >= 11 is 1.39. The fourth-order valence-electron chi connectivity index (χ4n) is 6.25. The van der Waals surface area contributed by atoms with Gasteiger partial charge in [-0.15, -0.1) is 11.3 Å². The molecular formula is C29H26N4O3S. The number of thiazole rings is 1. The summed E-state index contributed by atoms with van der Waals surface area (Å²) in [5.41, 5.74) is 10.1. The van der Waals surface area contributed by atoms with Crippen molar-refractivity contribution in [3.63, 3.8) is 0 Å². The Bertz CT molecular complexity index is 1610. The van der Waals surface area contributed by atoms with Gasteiger partial charge in [0.15, 0.2) is 5.78 Å². The predicted molar refractivity (Wildman–Crippen MR) is 143 cm³/mol. The summed E-state index contributed by atoms with van der Waals surface area (Å²) in [5.74, 6) is 5.42. The van der Waals surface area contributed by atoms with Crippen molar-refractivity contribution < 1.29 is 14.3 Å². The highest BCUT2D eigenvalue weighted by Crippen LogP contribution is 2.54. The minimum Gasteiger partial charge on any atom is -0.485 e. The van der Waals surface area contributed by atoms with Gasteiger partial charge in [0, 0.05) is 52.6 Å². The number of carbonyl (C=O) groups excluding carboxylic acids is 2. The molecule has 0 radical (unpaired) electrons. The second kappa shape index (κ2) is 7.87. The van der Waals surface area contributed by atoms with Crippen molar-refractivity contribution in [3.8, 4) is 0 Å². The van der Waals surface area contributed by atoms with Crippen LogP contribution in [-0.4, -0.2) is 34.2 Å².